The molecule has 0 radical (unpaired) electrons. The van der Waals surface area contributed by atoms with Crippen LogP contribution in [0.15, 0.2) is 24.3 Å². The number of unbranched alkanes of at least 4 members (excludes halogenated alkanes) is 3. The van der Waals surface area contributed by atoms with Crippen LogP contribution in [0.2, 0.25) is 0 Å². The van der Waals surface area contributed by atoms with Gasteiger partial charge in [-0.05, 0) is 18.1 Å². The smallest absolute Gasteiger partial charge is 0.0539 e. The van der Waals surface area contributed by atoms with E-state index >= 15 is 0 Å². The Hall–Kier alpha value is -1.02. The van der Waals surface area contributed by atoms with E-state index in [0.717, 1.165) is 25.0 Å². The Balaban J connectivity index is 1.66. The number of benzene rings is 1. The lowest BCUT2D eigenvalue weighted by Crippen LogP contribution is -2.57. The molecule has 1 aromatic carbocycles. The first-order valence-electron chi connectivity index (χ1n) is 7.96. The van der Waals surface area contributed by atoms with Gasteiger partial charge in [0.2, 0.25) is 0 Å². The minimum absolute atomic E-state index is 0.738. The SMILES string of the molecule is CCCCCCC1CN(C2CNC2)c2ccccc21. The average Bonchev–Trinajstić information content (AvgIpc) is 2.72. The Kier molecular flexibility index (Phi) is 4.07. The number of hydrogen-bond donors (Lipinski definition) is 1. The number of anilines is 1. The molecule has 2 heteroatoms. The topological polar surface area (TPSA) is 15.3 Å². The molecular weight excluding hydrogens is 232 g/mol. The third-order valence-corrected chi connectivity index (χ3v) is 4.71. The summed E-state index contributed by atoms with van der Waals surface area (Å²) in [5, 5.41) is 3.40. The summed E-state index contributed by atoms with van der Waals surface area (Å²) in [6.45, 7) is 5.86. The highest BCUT2D eigenvalue weighted by molar-refractivity contribution is 5.61. The molecule has 0 spiro atoms. The normalized spacial score (nSPS) is 22.4. The molecule has 1 saturated heterocycles. The minimum atomic E-state index is 0.738. The molecule has 19 heavy (non-hydrogen) atoms. The molecule has 1 aromatic rings. The first-order chi connectivity index (χ1) is 9.40. The molecule has 1 N–H and O–H groups in total. The van der Waals surface area contributed by atoms with E-state index in [1.807, 2.05) is 0 Å². The molecule has 3 rings (SSSR count). The van der Waals surface area contributed by atoms with Crippen LogP contribution in [0.4, 0.5) is 5.69 Å². The lowest BCUT2D eigenvalue weighted by molar-refractivity contribution is 0.410. The van der Waals surface area contributed by atoms with E-state index in [4.69, 9.17) is 0 Å². The van der Waals surface area contributed by atoms with E-state index in [-0.39, 0.29) is 0 Å². The van der Waals surface area contributed by atoms with Gasteiger partial charge in [-0.25, -0.2) is 0 Å². The second-order valence-corrected chi connectivity index (χ2v) is 6.07. The summed E-state index contributed by atoms with van der Waals surface area (Å²) in [4.78, 5) is 2.65. The molecule has 0 amide bonds. The van der Waals surface area contributed by atoms with Crippen LogP contribution in [0.3, 0.4) is 0 Å². The Morgan fingerprint density at radius 1 is 1.16 bits per heavy atom. The first-order valence-corrected chi connectivity index (χ1v) is 7.96. The van der Waals surface area contributed by atoms with Gasteiger partial charge in [0.05, 0.1) is 6.04 Å². The second kappa shape index (κ2) is 5.96. The highest BCUT2D eigenvalue weighted by Crippen LogP contribution is 2.40. The fourth-order valence-electron chi connectivity index (χ4n) is 3.43. The molecule has 1 fully saturated rings. The van der Waals surface area contributed by atoms with Crippen LogP contribution < -0.4 is 10.2 Å². The molecule has 2 nitrogen and oxygen atoms in total. The zero-order chi connectivity index (χ0) is 13.1. The van der Waals surface area contributed by atoms with Gasteiger partial charge in [-0.1, -0.05) is 50.8 Å². The van der Waals surface area contributed by atoms with Crippen molar-refractivity contribution >= 4 is 5.69 Å². The monoisotopic (exact) mass is 258 g/mol. The van der Waals surface area contributed by atoms with Gasteiger partial charge in [-0.15, -0.1) is 0 Å². The van der Waals surface area contributed by atoms with Crippen molar-refractivity contribution in [3.63, 3.8) is 0 Å². The molecule has 1 unspecified atom stereocenters. The van der Waals surface area contributed by atoms with Crippen molar-refractivity contribution in [1.29, 1.82) is 0 Å². The van der Waals surface area contributed by atoms with Crippen LogP contribution in [0.25, 0.3) is 0 Å². The van der Waals surface area contributed by atoms with E-state index in [1.165, 1.54) is 44.3 Å². The van der Waals surface area contributed by atoms with Gasteiger partial charge >= 0.3 is 0 Å². The van der Waals surface area contributed by atoms with Gasteiger partial charge in [0.25, 0.3) is 0 Å². The lowest BCUT2D eigenvalue weighted by Gasteiger charge is -2.37. The maximum Gasteiger partial charge on any atom is 0.0539 e. The highest BCUT2D eigenvalue weighted by Gasteiger charge is 2.34. The maximum absolute atomic E-state index is 3.40. The summed E-state index contributed by atoms with van der Waals surface area (Å²) >= 11 is 0. The number of para-hydroxylation sites is 1. The zero-order valence-electron chi connectivity index (χ0n) is 12.1. The van der Waals surface area contributed by atoms with E-state index in [9.17, 15) is 0 Å². The standard InChI is InChI=1S/C17H26N2/c1-2-3-4-5-8-14-13-19(15-11-18-12-15)17-10-7-6-9-16(14)17/h6-7,9-10,14-15,18H,2-5,8,11-13H2,1H3. The fraction of sp³-hybridized carbons (Fsp3) is 0.647. The van der Waals surface area contributed by atoms with Crippen LogP contribution in [0.5, 0.6) is 0 Å². The summed E-state index contributed by atoms with van der Waals surface area (Å²) < 4.78 is 0. The lowest BCUT2D eigenvalue weighted by atomic mass is 9.95. The van der Waals surface area contributed by atoms with Crippen LogP contribution in [-0.2, 0) is 0 Å². The van der Waals surface area contributed by atoms with Gasteiger partial charge < -0.3 is 10.2 Å². The molecule has 104 valence electrons. The first kappa shape index (κ1) is 13.0. The van der Waals surface area contributed by atoms with Crippen molar-refractivity contribution < 1.29 is 0 Å². The van der Waals surface area contributed by atoms with Crippen molar-refractivity contribution in [2.45, 2.75) is 51.0 Å². The van der Waals surface area contributed by atoms with Gasteiger partial charge in [0, 0.05) is 31.2 Å². The molecular formula is C17H26N2. The van der Waals surface area contributed by atoms with Gasteiger partial charge in [0.1, 0.15) is 0 Å². The van der Waals surface area contributed by atoms with Crippen molar-refractivity contribution in [2.24, 2.45) is 0 Å². The molecule has 2 heterocycles. The second-order valence-electron chi connectivity index (χ2n) is 6.07. The van der Waals surface area contributed by atoms with Crippen LogP contribution >= 0.6 is 0 Å². The molecule has 2 aliphatic heterocycles. The maximum atomic E-state index is 3.40. The van der Waals surface area contributed by atoms with Crippen molar-refractivity contribution in [1.82, 2.24) is 5.32 Å². The number of nitrogens with zero attached hydrogens (tertiary/aromatic N) is 1. The Labute approximate surface area is 117 Å². The van der Waals surface area contributed by atoms with Gasteiger partial charge in [0.15, 0.2) is 0 Å². The van der Waals surface area contributed by atoms with Crippen molar-refractivity contribution in [2.75, 3.05) is 24.5 Å². The molecule has 0 aliphatic carbocycles. The Bertz CT molecular complexity index is 411. The third-order valence-electron chi connectivity index (χ3n) is 4.71. The third kappa shape index (κ3) is 2.64. The fourth-order valence-corrected chi connectivity index (χ4v) is 3.43. The number of fused-ring (bicyclic) bond motifs is 1. The molecule has 0 bridgehead atoms. The van der Waals surface area contributed by atoms with Crippen LogP contribution in [0, 0.1) is 0 Å². The molecule has 2 aliphatic rings. The summed E-state index contributed by atoms with van der Waals surface area (Å²) in [5.41, 5.74) is 3.11. The van der Waals surface area contributed by atoms with E-state index in [2.05, 4.69) is 41.4 Å². The summed E-state index contributed by atoms with van der Waals surface area (Å²) in [5.74, 6) is 0.772. The van der Waals surface area contributed by atoms with Gasteiger partial charge in [-0.3, -0.25) is 0 Å². The molecule has 0 saturated carbocycles. The van der Waals surface area contributed by atoms with E-state index in [0.29, 0.717) is 0 Å². The molecule has 1 atom stereocenters. The average molecular weight is 258 g/mol. The minimum Gasteiger partial charge on any atom is -0.365 e. The number of rotatable bonds is 6. The Morgan fingerprint density at radius 2 is 2.00 bits per heavy atom. The van der Waals surface area contributed by atoms with E-state index in [1.54, 1.807) is 5.56 Å². The number of nitrogens with one attached hydrogen (secondary N) is 1. The molecule has 0 aromatic heterocycles. The Morgan fingerprint density at radius 3 is 2.74 bits per heavy atom. The summed E-state index contributed by atoms with van der Waals surface area (Å²) in [6, 6.07) is 9.81. The van der Waals surface area contributed by atoms with Crippen LogP contribution in [0.1, 0.15) is 50.5 Å². The van der Waals surface area contributed by atoms with Crippen LogP contribution in [-0.4, -0.2) is 25.7 Å². The summed E-state index contributed by atoms with van der Waals surface area (Å²) in [6.07, 6.45) is 6.89. The number of hydrogen-bond acceptors (Lipinski definition) is 2. The zero-order valence-corrected chi connectivity index (χ0v) is 12.1. The predicted octanol–water partition coefficient (Wildman–Crippen LogP) is 3.53. The van der Waals surface area contributed by atoms with Crippen molar-refractivity contribution in [3.05, 3.63) is 29.8 Å². The summed E-state index contributed by atoms with van der Waals surface area (Å²) in [7, 11) is 0. The van der Waals surface area contributed by atoms with E-state index < -0.39 is 0 Å². The highest BCUT2D eigenvalue weighted by atomic mass is 15.3. The predicted molar refractivity (Wildman–Crippen MR) is 81.9 cm³/mol. The van der Waals surface area contributed by atoms with Crippen molar-refractivity contribution in [3.8, 4) is 0 Å². The quantitative estimate of drug-likeness (QED) is 0.785. The largest absolute Gasteiger partial charge is 0.365 e. The van der Waals surface area contributed by atoms with Gasteiger partial charge in [-0.2, -0.15) is 0 Å².